The number of hydrogen-bond donors (Lipinski definition) is 1. The van der Waals surface area contributed by atoms with Gasteiger partial charge >= 0.3 is 0 Å². The van der Waals surface area contributed by atoms with E-state index in [1.807, 2.05) is 0 Å². The first-order valence-electron chi connectivity index (χ1n) is 8.03. The minimum absolute atomic E-state index is 0.0787. The molecular weight excluding hydrogens is 272 g/mol. The first-order chi connectivity index (χ1) is 10.2. The molecular formula is C17H23F2NO. The number of rotatable bonds is 4. The van der Waals surface area contributed by atoms with Gasteiger partial charge in [0.25, 0.3) is 0 Å². The summed E-state index contributed by atoms with van der Waals surface area (Å²) in [7, 11) is 0. The second kappa shape index (κ2) is 6.41. The lowest BCUT2D eigenvalue weighted by Gasteiger charge is -2.38. The molecule has 1 heterocycles. The second-order valence-corrected chi connectivity index (χ2v) is 6.38. The summed E-state index contributed by atoms with van der Waals surface area (Å²) in [4.78, 5) is 2.45. The summed E-state index contributed by atoms with van der Waals surface area (Å²) in [6.07, 6.45) is 5.93. The van der Waals surface area contributed by atoms with Crippen LogP contribution >= 0.6 is 0 Å². The Balaban J connectivity index is 1.60. The van der Waals surface area contributed by atoms with Crippen LogP contribution in [0.5, 0.6) is 0 Å². The van der Waals surface area contributed by atoms with Gasteiger partial charge in [0, 0.05) is 18.2 Å². The smallest absolute Gasteiger partial charge is 0.164 e. The van der Waals surface area contributed by atoms with Crippen molar-refractivity contribution in [2.75, 3.05) is 13.1 Å². The molecule has 4 heteroatoms. The summed E-state index contributed by atoms with van der Waals surface area (Å²) in [5, 5.41) is 10.2. The minimum atomic E-state index is -0.928. The van der Waals surface area contributed by atoms with Crippen molar-refractivity contribution < 1.29 is 13.9 Å². The maximum atomic E-state index is 13.7. The standard InChI is InChI=1S/C17H23F2NO/c18-14-7-2-6-13(17(14)19)16(21)9-11-20-10-3-5-12-4-1-8-15(12)20/h2,6-7,12,15-16,21H,1,3-5,8-11H2. The number of benzene rings is 1. The molecule has 0 aromatic heterocycles. The Hall–Kier alpha value is -1.00. The highest BCUT2D eigenvalue weighted by molar-refractivity contribution is 5.21. The third kappa shape index (κ3) is 3.11. The van der Waals surface area contributed by atoms with Gasteiger partial charge < -0.3 is 10.0 Å². The first-order valence-corrected chi connectivity index (χ1v) is 8.03. The molecule has 0 bridgehead atoms. The largest absolute Gasteiger partial charge is 0.388 e. The van der Waals surface area contributed by atoms with Crippen LogP contribution < -0.4 is 0 Å². The Morgan fingerprint density at radius 3 is 2.86 bits per heavy atom. The molecule has 3 atom stereocenters. The lowest BCUT2D eigenvalue weighted by molar-refractivity contribution is 0.0820. The van der Waals surface area contributed by atoms with Gasteiger partial charge in [0.2, 0.25) is 0 Å². The Bertz CT molecular complexity index is 494. The van der Waals surface area contributed by atoms with Gasteiger partial charge in [-0.3, -0.25) is 0 Å². The Kier molecular flexibility index (Phi) is 4.55. The highest BCUT2D eigenvalue weighted by Crippen LogP contribution is 2.37. The maximum Gasteiger partial charge on any atom is 0.164 e. The van der Waals surface area contributed by atoms with Crippen LogP contribution in [0.2, 0.25) is 0 Å². The van der Waals surface area contributed by atoms with E-state index >= 15 is 0 Å². The zero-order valence-corrected chi connectivity index (χ0v) is 12.3. The normalized spacial score (nSPS) is 27.6. The number of nitrogens with zero attached hydrogens (tertiary/aromatic N) is 1. The SMILES string of the molecule is OC(CCN1CCCC2CCCC21)c1cccc(F)c1F. The number of halogens is 2. The van der Waals surface area contributed by atoms with Gasteiger partial charge in [-0.25, -0.2) is 8.78 Å². The molecule has 116 valence electrons. The number of likely N-dealkylation sites (tertiary alicyclic amines) is 1. The topological polar surface area (TPSA) is 23.5 Å². The van der Waals surface area contributed by atoms with Gasteiger partial charge in [0.05, 0.1) is 6.10 Å². The van der Waals surface area contributed by atoms with E-state index in [1.165, 1.54) is 44.2 Å². The predicted octanol–water partition coefficient (Wildman–Crippen LogP) is 3.65. The highest BCUT2D eigenvalue weighted by Gasteiger charge is 2.34. The van der Waals surface area contributed by atoms with Crippen LogP contribution in [0.1, 0.15) is 50.2 Å². The Morgan fingerprint density at radius 1 is 1.19 bits per heavy atom. The number of piperidine rings is 1. The third-order valence-corrected chi connectivity index (χ3v) is 5.14. The number of hydrogen-bond acceptors (Lipinski definition) is 2. The Labute approximate surface area is 124 Å². The second-order valence-electron chi connectivity index (χ2n) is 6.38. The molecule has 1 aromatic carbocycles. The predicted molar refractivity (Wildman–Crippen MR) is 77.9 cm³/mol. The molecule has 1 aliphatic heterocycles. The quantitative estimate of drug-likeness (QED) is 0.916. The molecule has 0 radical (unpaired) electrons. The molecule has 0 spiro atoms. The van der Waals surface area contributed by atoms with Crippen LogP contribution in [-0.4, -0.2) is 29.1 Å². The fourth-order valence-electron chi connectivity index (χ4n) is 4.06. The van der Waals surface area contributed by atoms with Gasteiger partial charge in [0.15, 0.2) is 11.6 Å². The van der Waals surface area contributed by atoms with Crippen molar-refractivity contribution in [3.63, 3.8) is 0 Å². The Morgan fingerprint density at radius 2 is 2.00 bits per heavy atom. The molecule has 1 N–H and O–H groups in total. The van der Waals surface area contributed by atoms with E-state index in [1.54, 1.807) is 0 Å². The van der Waals surface area contributed by atoms with Crippen LogP contribution in [-0.2, 0) is 0 Å². The minimum Gasteiger partial charge on any atom is -0.388 e. The summed E-state index contributed by atoms with van der Waals surface area (Å²) >= 11 is 0. The summed E-state index contributed by atoms with van der Waals surface area (Å²) < 4.78 is 26.9. The average molecular weight is 295 g/mol. The van der Waals surface area contributed by atoms with Gasteiger partial charge in [0.1, 0.15) is 0 Å². The van der Waals surface area contributed by atoms with Crippen LogP contribution in [0, 0.1) is 17.6 Å². The monoisotopic (exact) mass is 295 g/mol. The van der Waals surface area contributed by atoms with Crippen molar-refractivity contribution in [1.29, 1.82) is 0 Å². The maximum absolute atomic E-state index is 13.7. The van der Waals surface area contributed by atoms with E-state index in [9.17, 15) is 13.9 Å². The molecule has 1 aliphatic carbocycles. The van der Waals surface area contributed by atoms with E-state index in [0.29, 0.717) is 12.5 Å². The molecule has 2 fully saturated rings. The molecule has 1 saturated heterocycles. The fraction of sp³-hybridized carbons (Fsp3) is 0.647. The van der Waals surface area contributed by atoms with Crippen molar-refractivity contribution in [3.05, 3.63) is 35.4 Å². The van der Waals surface area contributed by atoms with Crippen LogP contribution in [0.15, 0.2) is 18.2 Å². The van der Waals surface area contributed by atoms with E-state index < -0.39 is 17.7 Å². The fourth-order valence-corrected chi connectivity index (χ4v) is 4.06. The van der Waals surface area contributed by atoms with Gasteiger partial charge in [-0.2, -0.15) is 0 Å². The summed E-state index contributed by atoms with van der Waals surface area (Å²) in [6.45, 7) is 1.83. The van der Waals surface area contributed by atoms with Crippen molar-refractivity contribution in [3.8, 4) is 0 Å². The molecule has 2 nitrogen and oxygen atoms in total. The molecule has 3 rings (SSSR count). The van der Waals surface area contributed by atoms with Gasteiger partial charge in [-0.15, -0.1) is 0 Å². The first kappa shape index (κ1) is 14.9. The molecule has 3 unspecified atom stereocenters. The van der Waals surface area contributed by atoms with Crippen molar-refractivity contribution >= 4 is 0 Å². The third-order valence-electron chi connectivity index (χ3n) is 5.14. The van der Waals surface area contributed by atoms with E-state index in [2.05, 4.69) is 4.90 Å². The summed E-state index contributed by atoms with van der Waals surface area (Å²) in [6, 6.07) is 4.64. The lowest BCUT2D eigenvalue weighted by atomic mass is 9.91. The van der Waals surface area contributed by atoms with Crippen LogP contribution in [0.3, 0.4) is 0 Å². The van der Waals surface area contributed by atoms with Crippen LogP contribution in [0.25, 0.3) is 0 Å². The molecule has 1 aromatic rings. The number of aliphatic hydroxyl groups is 1. The summed E-state index contributed by atoms with van der Waals surface area (Å²) in [5.41, 5.74) is 0.0787. The average Bonchev–Trinajstić information content (AvgIpc) is 2.96. The lowest BCUT2D eigenvalue weighted by Crippen LogP contribution is -2.43. The van der Waals surface area contributed by atoms with Crippen molar-refractivity contribution in [2.45, 2.75) is 50.7 Å². The zero-order chi connectivity index (χ0) is 14.8. The van der Waals surface area contributed by atoms with E-state index in [-0.39, 0.29) is 5.56 Å². The number of fused-ring (bicyclic) bond motifs is 1. The van der Waals surface area contributed by atoms with Crippen molar-refractivity contribution in [2.24, 2.45) is 5.92 Å². The summed E-state index contributed by atoms with van der Waals surface area (Å²) in [5.74, 6) is -0.996. The molecule has 21 heavy (non-hydrogen) atoms. The number of aliphatic hydroxyl groups excluding tert-OH is 1. The molecule has 2 aliphatic rings. The zero-order valence-electron chi connectivity index (χ0n) is 12.3. The van der Waals surface area contributed by atoms with Gasteiger partial charge in [-0.1, -0.05) is 18.6 Å². The van der Waals surface area contributed by atoms with E-state index in [4.69, 9.17) is 0 Å². The molecule has 1 saturated carbocycles. The van der Waals surface area contributed by atoms with Gasteiger partial charge in [-0.05, 0) is 50.6 Å². The highest BCUT2D eigenvalue weighted by atomic mass is 19.2. The van der Waals surface area contributed by atoms with Crippen molar-refractivity contribution in [1.82, 2.24) is 4.90 Å². The van der Waals surface area contributed by atoms with Crippen LogP contribution in [0.4, 0.5) is 8.78 Å². The molecule has 0 amide bonds. The van der Waals surface area contributed by atoms with E-state index in [0.717, 1.165) is 25.1 Å².